The van der Waals surface area contributed by atoms with Crippen LogP contribution in [-0.2, 0) is 11.4 Å². The van der Waals surface area contributed by atoms with E-state index in [9.17, 15) is 4.79 Å². The molecule has 2 rings (SSSR count). The van der Waals surface area contributed by atoms with Crippen molar-refractivity contribution in [1.29, 1.82) is 0 Å². The average molecular weight is 352 g/mol. The largest absolute Gasteiger partial charge is 0.489 e. The quantitative estimate of drug-likeness (QED) is 0.252. The van der Waals surface area contributed by atoms with E-state index in [1.54, 1.807) is 0 Å². The summed E-state index contributed by atoms with van der Waals surface area (Å²) in [5.74, 6) is 0.782. The summed E-state index contributed by atoms with van der Waals surface area (Å²) in [6, 6.07) is 17.4. The van der Waals surface area contributed by atoms with Gasteiger partial charge in [0, 0.05) is 23.6 Å². The predicted molar refractivity (Wildman–Crippen MR) is 103 cm³/mol. The van der Waals surface area contributed by atoms with Crippen molar-refractivity contribution < 1.29 is 9.53 Å². The topological polar surface area (TPSA) is 87.1 Å². The highest BCUT2D eigenvalue weighted by Gasteiger charge is 2.03. The SMILES string of the molecule is [N-]=[N+]=NCCCCCCC(=O)Nc1ccc(OCc2ccccc2)cc1. The van der Waals surface area contributed by atoms with E-state index in [-0.39, 0.29) is 5.91 Å². The number of benzene rings is 2. The lowest BCUT2D eigenvalue weighted by molar-refractivity contribution is -0.116. The summed E-state index contributed by atoms with van der Waals surface area (Å²) in [5, 5.41) is 6.38. The number of hydrogen-bond donors (Lipinski definition) is 1. The van der Waals surface area contributed by atoms with Gasteiger partial charge < -0.3 is 10.1 Å². The van der Waals surface area contributed by atoms with Gasteiger partial charge in [0.05, 0.1) is 0 Å². The number of azide groups is 1. The molecule has 2 aromatic rings. The van der Waals surface area contributed by atoms with Crippen LogP contribution in [0.1, 0.15) is 37.7 Å². The van der Waals surface area contributed by atoms with E-state index in [1.165, 1.54) is 0 Å². The van der Waals surface area contributed by atoms with Gasteiger partial charge in [-0.15, -0.1) is 0 Å². The van der Waals surface area contributed by atoms with Crippen LogP contribution in [0.5, 0.6) is 5.75 Å². The number of carbonyl (C=O) groups excluding carboxylic acids is 1. The van der Waals surface area contributed by atoms with Crippen LogP contribution in [-0.4, -0.2) is 12.5 Å². The smallest absolute Gasteiger partial charge is 0.224 e. The Morgan fingerprint density at radius 2 is 1.73 bits per heavy atom. The fourth-order valence-corrected chi connectivity index (χ4v) is 2.47. The second-order valence-corrected chi connectivity index (χ2v) is 5.97. The molecular weight excluding hydrogens is 328 g/mol. The Hall–Kier alpha value is -2.98. The van der Waals surface area contributed by atoms with Gasteiger partial charge in [0.2, 0.25) is 5.91 Å². The molecular formula is C20H24N4O2. The van der Waals surface area contributed by atoms with Crippen LogP contribution < -0.4 is 10.1 Å². The highest BCUT2D eigenvalue weighted by atomic mass is 16.5. The van der Waals surface area contributed by atoms with Gasteiger partial charge in [0.1, 0.15) is 12.4 Å². The second kappa shape index (κ2) is 11.6. The van der Waals surface area contributed by atoms with Crippen molar-refractivity contribution in [3.8, 4) is 5.75 Å². The molecule has 6 heteroatoms. The fourth-order valence-electron chi connectivity index (χ4n) is 2.47. The van der Waals surface area contributed by atoms with Crippen LogP contribution in [0.25, 0.3) is 10.4 Å². The zero-order chi connectivity index (χ0) is 18.5. The molecule has 0 saturated carbocycles. The Kier molecular flexibility index (Phi) is 8.60. The molecule has 6 nitrogen and oxygen atoms in total. The number of ether oxygens (including phenoxy) is 1. The highest BCUT2D eigenvalue weighted by Crippen LogP contribution is 2.17. The van der Waals surface area contributed by atoms with Gasteiger partial charge in [0.25, 0.3) is 0 Å². The van der Waals surface area contributed by atoms with Crippen molar-refractivity contribution in [2.45, 2.75) is 38.7 Å². The predicted octanol–water partition coefficient (Wildman–Crippen LogP) is 5.46. The van der Waals surface area contributed by atoms with Crippen molar-refractivity contribution in [3.05, 3.63) is 70.6 Å². The maximum atomic E-state index is 11.9. The molecule has 0 heterocycles. The number of unbranched alkanes of at least 4 members (excludes halogenated alkanes) is 3. The third kappa shape index (κ3) is 7.73. The summed E-state index contributed by atoms with van der Waals surface area (Å²) >= 11 is 0. The van der Waals surface area contributed by atoms with Gasteiger partial charge in [-0.1, -0.05) is 48.3 Å². The summed E-state index contributed by atoms with van der Waals surface area (Å²) in [7, 11) is 0. The van der Waals surface area contributed by atoms with E-state index in [0.29, 0.717) is 19.6 Å². The van der Waals surface area contributed by atoms with Crippen molar-refractivity contribution in [1.82, 2.24) is 0 Å². The molecule has 136 valence electrons. The first-order chi connectivity index (χ1) is 12.8. The number of carbonyl (C=O) groups is 1. The number of hydrogen-bond acceptors (Lipinski definition) is 3. The molecule has 0 bridgehead atoms. The lowest BCUT2D eigenvalue weighted by atomic mass is 10.1. The van der Waals surface area contributed by atoms with Crippen molar-refractivity contribution in [2.75, 3.05) is 11.9 Å². The van der Waals surface area contributed by atoms with Gasteiger partial charge in [0.15, 0.2) is 0 Å². The summed E-state index contributed by atoms with van der Waals surface area (Å²) < 4.78 is 5.73. The number of nitrogens with one attached hydrogen (secondary N) is 1. The molecule has 1 N–H and O–H groups in total. The molecule has 0 spiro atoms. The maximum absolute atomic E-state index is 11.9. The van der Waals surface area contributed by atoms with E-state index >= 15 is 0 Å². The lowest BCUT2D eigenvalue weighted by Gasteiger charge is -2.08. The number of nitrogens with zero attached hydrogens (tertiary/aromatic N) is 3. The molecule has 0 radical (unpaired) electrons. The first-order valence-electron chi connectivity index (χ1n) is 8.85. The van der Waals surface area contributed by atoms with Crippen LogP contribution in [0.3, 0.4) is 0 Å². The van der Waals surface area contributed by atoms with Crippen LogP contribution in [0.15, 0.2) is 59.7 Å². The molecule has 0 saturated heterocycles. The van der Waals surface area contributed by atoms with E-state index < -0.39 is 0 Å². The Bertz CT molecular complexity index is 710. The van der Waals surface area contributed by atoms with Crippen LogP contribution in [0.2, 0.25) is 0 Å². The van der Waals surface area contributed by atoms with E-state index in [0.717, 1.165) is 42.7 Å². The summed E-state index contributed by atoms with van der Waals surface area (Å²) in [6.45, 7) is 1.05. The minimum Gasteiger partial charge on any atom is -0.489 e. The summed E-state index contributed by atoms with van der Waals surface area (Å²) in [6.07, 6.45) is 4.13. The third-order valence-electron chi connectivity index (χ3n) is 3.86. The zero-order valence-corrected chi connectivity index (χ0v) is 14.8. The molecule has 0 aliphatic carbocycles. The first kappa shape index (κ1) is 19.3. The van der Waals surface area contributed by atoms with Crippen LogP contribution in [0.4, 0.5) is 5.69 Å². The van der Waals surface area contributed by atoms with Crippen LogP contribution in [0, 0.1) is 0 Å². The summed E-state index contributed by atoms with van der Waals surface area (Å²) in [4.78, 5) is 14.6. The Balaban J connectivity index is 1.64. The standard InChI is InChI=1S/C20H24N4O2/c21-24-22-15-7-2-1-6-10-20(25)23-18-11-13-19(14-12-18)26-16-17-8-4-3-5-9-17/h3-5,8-9,11-14H,1-2,6-7,10,15-16H2,(H,23,25). The van der Waals surface area contributed by atoms with Gasteiger partial charge in [-0.05, 0) is 48.2 Å². The van der Waals surface area contributed by atoms with Crippen molar-refractivity contribution in [2.24, 2.45) is 5.11 Å². The Morgan fingerprint density at radius 1 is 1.00 bits per heavy atom. The lowest BCUT2D eigenvalue weighted by Crippen LogP contribution is -2.10. The minimum atomic E-state index is 0.0120. The molecule has 0 aliphatic rings. The van der Waals surface area contributed by atoms with E-state index in [4.69, 9.17) is 10.3 Å². The normalized spacial score (nSPS) is 10.0. The van der Waals surface area contributed by atoms with Gasteiger partial charge in [-0.3, -0.25) is 4.79 Å². The highest BCUT2D eigenvalue weighted by molar-refractivity contribution is 5.90. The Labute approximate surface area is 153 Å². The molecule has 0 fully saturated rings. The molecule has 0 aromatic heterocycles. The van der Waals surface area contributed by atoms with Crippen LogP contribution >= 0.6 is 0 Å². The number of amides is 1. The Morgan fingerprint density at radius 3 is 2.46 bits per heavy atom. The minimum absolute atomic E-state index is 0.0120. The molecule has 2 aromatic carbocycles. The molecule has 0 unspecified atom stereocenters. The van der Waals surface area contributed by atoms with Gasteiger partial charge in [-0.2, -0.15) is 0 Å². The summed E-state index contributed by atoms with van der Waals surface area (Å²) in [5.41, 5.74) is 10.1. The maximum Gasteiger partial charge on any atom is 0.224 e. The van der Waals surface area contributed by atoms with Gasteiger partial charge >= 0.3 is 0 Å². The molecule has 0 atom stereocenters. The first-order valence-corrected chi connectivity index (χ1v) is 8.85. The molecule has 0 aliphatic heterocycles. The molecule has 1 amide bonds. The van der Waals surface area contributed by atoms with Crippen molar-refractivity contribution >= 4 is 11.6 Å². The zero-order valence-electron chi connectivity index (χ0n) is 14.8. The van der Waals surface area contributed by atoms with E-state index in [1.807, 2.05) is 54.6 Å². The number of anilines is 1. The van der Waals surface area contributed by atoms with E-state index in [2.05, 4.69) is 15.3 Å². The fraction of sp³-hybridized carbons (Fsp3) is 0.350. The van der Waals surface area contributed by atoms with Crippen molar-refractivity contribution in [3.63, 3.8) is 0 Å². The monoisotopic (exact) mass is 352 g/mol. The molecule has 26 heavy (non-hydrogen) atoms. The van der Waals surface area contributed by atoms with Gasteiger partial charge in [-0.25, -0.2) is 0 Å². The third-order valence-corrected chi connectivity index (χ3v) is 3.86. The second-order valence-electron chi connectivity index (χ2n) is 5.97. The average Bonchev–Trinajstić information content (AvgIpc) is 2.67. The number of rotatable bonds is 11.